The lowest BCUT2D eigenvalue weighted by molar-refractivity contribution is -0.121. The van der Waals surface area contributed by atoms with Gasteiger partial charge in [0.05, 0.1) is 12.7 Å². The summed E-state index contributed by atoms with van der Waals surface area (Å²) in [5.74, 6) is -0.861. The van der Waals surface area contributed by atoms with E-state index in [1.807, 2.05) is 0 Å². The van der Waals surface area contributed by atoms with Gasteiger partial charge in [-0.25, -0.2) is 4.52 Å². The first-order valence-electron chi connectivity index (χ1n) is 5.85. The molecule has 0 bridgehead atoms. The Labute approximate surface area is 113 Å². The number of nitrogens with zero attached hydrogens (tertiary/aromatic N) is 4. The van der Waals surface area contributed by atoms with Crippen LogP contribution < -0.4 is 10.9 Å². The number of rotatable bonds is 3. The van der Waals surface area contributed by atoms with E-state index in [2.05, 4.69) is 20.6 Å². The van der Waals surface area contributed by atoms with Gasteiger partial charge in [0.1, 0.15) is 0 Å². The van der Waals surface area contributed by atoms with E-state index in [0.717, 1.165) is 0 Å². The third-order valence-electron chi connectivity index (χ3n) is 2.75. The van der Waals surface area contributed by atoms with Crippen molar-refractivity contribution >= 4 is 17.3 Å². The van der Waals surface area contributed by atoms with Crippen molar-refractivity contribution in [3.05, 3.63) is 27.9 Å². The Hall–Kier alpha value is -2.71. The van der Waals surface area contributed by atoms with Crippen molar-refractivity contribution in [2.24, 2.45) is 0 Å². The Bertz CT molecular complexity index is 731. The molecule has 2 N–H and O–H groups in total. The SMILES string of the molecule is CNC(=O)CN(C)C(=O)c1nnn2cc(C)[nH]c(=O)c12. The lowest BCUT2D eigenvalue weighted by Crippen LogP contribution is -2.37. The van der Waals surface area contributed by atoms with E-state index in [1.165, 1.54) is 23.5 Å². The van der Waals surface area contributed by atoms with Gasteiger partial charge < -0.3 is 15.2 Å². The average Bonchev–Trinajstić information content (AvgIpc) is 2.81. The van der Waals surface area contributed by atoms with Gasteiger partial charge in [0.2, 0.25) is 5.91 Å². The van der Waals surface area contributed by atoms with Crippen LogP contribution in [-0.4, -0.2) is 57.2 Å². The first kappa shape index (κ1) is 13.7. The Kier molecular flexibility index (Phi) is 3.51. The van der Waals surface area contributed by atoms with Crippen molar-refractivity contribution in [1.29, 1.82) is 0 Å². The van der Waals surface area contributed by atoms with Crippen LogP contribution in [0, 0.1) is 6.92 Å². The number of likely N-dealkylation sites (N-methyl/N-ethyl adjacent to an activating group) is 2. The van der Waals surface area contributed by atoms with Gasteiger partial charge in [0.25, 0.3) is 11.5 Å². The molecule has 20 heavy (non-hydrogen) atoms. The van der Waals surface area contributed by atoms with Crippen molar-refractivity contribution in [1.82, 2.24) is 30.0 Å². The zero-order valence-electron chi connectivity index (χ0n) is 11.3. The molecule has 106 valence electrons. The zero-order valence-corrected chi connectivity index (χ0v) is 11.3. The predicted octanol–water partition coefficient (Wildman–Crippen LogP) is -1.46. The molecule has 0 aromatic carbocycles. The van der Waals surface area contributed by atoms with Crippen molar-refractivity contribution in [2.75, 3.05) is 20.6 Å². The van der Waals surface area contributed by atoms with Crippen LogP contribution in [0.15, 0.2) is 11.0 Å². The Morgan fingerprint density at radius 3 is 2.85 bits per heavy atom. The molecule has 0 spiro atoms. The second-order valence-electron chi connectivity index (χ2n) is 4.33. The van der Waals surface area contributed by atoms with Crippen LogP contribution in [0.4, 0.5) is 0 Å². The second kappa shape index (κ2) is 5.11. The maximum absolute atomic E-state index is 12.2. The molecule has 0 atom stereocenters. The monoisotopic (exact) mass is 278 g/mol. The molecule has 0 aliphatic carbocycles. The summed E-state index contributed by atoms with van der Waals surface area (Å²) in [4.78, 5) is 39.1. The topological polar surface area (TPSA) is 112 Å². The number of H-pyrrole nitrogens is 1. The third-order valence-corrected chi connectivity index (χ3v) is 2.75. The number of carbonyl (C=O) groups is 2. The highest BCUT2D eigenvalue weighted by Gasteiger charge is 2.22. The number of aromatic nitrogens is 4. The van der Waals surface area contributed by atoms with E-state index < -0.39 is 11.5 Å². The fourth-order valence-electron chi connectivity index (χ4n) is 1.74. The Morgan fingerprint density at radius 1 is 1.50 bits per heavy atom. The number of nitrogens with one attached hydrogen (secondary N) is 2. The highest BCUT2D eigenvalue weighted by Crippen LogP contribution is 2.05. The molecule has 2 rings (SSSR count). The molecular formula is C11H14N6O3. The number of hydrogen-bond donors (Lipinski definition) is 2. The summed E-state index contributed by atoms with van der Waals surface area (Å²) in [5.41, 5.74) is 0.124. The van der Waals surface area contributed by atoms with E-state index in [9.17, 15) is 14.4 Å². The van der Waals surface area contributed by atoms with Crippen LogP contribution in [-0.2, 0) is 4.79 Å². The van der Waals surface area contributed by atoms with Gasteiger partial charge in [-0.2, -0.15) is 0 Å². The fraction of sp³-hybridized carbons (Fsp3) is 0.364. The molecule has 2 aromatic rings. The molecule has 0 saturated carbocycles. The molecule has 2 heterocycles. The molecule has 2 amide bonds. The maximum atomic E-state index is 12.2. The van der Waals surface area contributed by atoms with Crippen LogP contribution in [0.1, 0.15) is 16.2 Å². The first-order chi connectivity index (χ1) is 9.43. The lowest BCUT2D eigenvalue weighted by atomic mass is 10.3. The summed E-state index contributed by atoms with van der Waals surface area (Å²) in [6.45, 7) is 1.57. The van der Waals surface area contributed by atoms with E-state index in [0.29, 0.717) is 5.69 Å². The quantitative estimate of drug-likeness (QED) is 0.713. The standard InChI is InChI=1S/C11H14N6O3/c1-6-4-17-9(10(19)13-6)8(14-15-17)11(20)16(3)5-7(18)12-2/h4H,5H2,1-3H3,(H,12,18)(H,13,19). The molecule has 0 radical (unpaired) electrons. The number of fused-ring (bicyclic) bond motifs is 1. The van der Waals surface area contributed by atoms with E-state index >= 15 is 0 Å². The smallest absolute Gasteiger partial charge is 0.277 e. The van der Waals surface area contributed by atoms with Gasteiger partial charge >= 0.3 is 0 Å². The van der Waals surface area contributed by atoms with Crippen LogP contribution in [0.25, 0.3) is 5.52 Å². The molecular weight excluding hydrogens is 264 g/mol. The normalized spacial score (nSPS) is 10.6. The molecule has 0 aliphatic heterocycles. The molecule has 9 nitrogen and oxygen atoms in total. The highest BCUT2D eigenvalue weighted by molar-refractivity contribution is 5.99. The summed E-state index contributed by atoms with van der Waals surface area (Å²) in [6.07, 6.45) is 1.55. The maximum Gasteiger partial charge on any atom is 0.277 e. The molecule has 0 aliphatic rings. The molecule has 0 saturated heterocycles. The van der Waals surface area contributed by atoms with Crippen molar-refractivity contribution in [3.63, 3.8) is 0 Å². The summed E-state index contributed by atoms with van der Waals surface area (Å²) in [5, 5.41) is 9.87. The lowest BCUT2D eigenvalue weighted by Gasteiger charge is -2.14. The van der Waals surface area contributed by atoms with E-state index in [1.54, 1.807) is 13.1 Å². The van der Waals surface area contributed by atoms with Crippen molar-refractivity contribution in [2.45, 2.75) is 6.92 Å². The summed E-state index contributed by atoms with van der Waals surface area (Å²) in [7, 11) is 2.92. The second-order valence-corrected chi connectivity index (χ2v) is 4.33. The summed E-state index contributed by atoms with van der Waals surface area (Å²) < 4.78 is 1.25. The van der Waals surface area contributed by atoms with Crippen LogP contribution in [0.2, 0.25) is 0 Å². The van der Waals surface area contributed by atoms with Gasteiger partial charge in [-0.15, -0.1) is 5.10 Å². The fourth-order valence-corrected chi connectivity index (χ4v) is 1.74. The Balaban J connectivity index is 2.41. The Morgan fingerprint density at radius 2 is 2.20 bits per heavy atom. The van der Waals surface area contributed by atoms with Crippen molar-refractivity contribution in [3.8, 4) is 0 Å². The highest BCUT2D eigenvalue weighted by atomic mass is 16.2. The minimum absolute atomic E-state index is 0.0596. The predicted molar refractivity (Wildman–Crippen MR) is 69.4 cm³/mol. The van der Waals surface area contributed by atoms with E-state index in [-0.39, 0.29) is 23.7 Å². The van der Waals surface area contributed by atoms with Gasteiger partial charge in [-0.05, 0) is 6.92 Å². The minimum Gasteiger partial charge on any atom is -0.358 e. The summed E-state index contributed by atoms with van der Waals surface area (Å²) >= 11 is 0. The van der Waals surface area contributed by atoms with Gasteiger partial charge in [-0.1, -0.05) is 5.21 Å². The molecule has 0 unspecified atom stereocenters. The number of hydrogen-bond acceptors (Lipinski definition) is 5. The van der Waals surface area contributed by atoms with E-state index in [4.69, 9.17) is 0 Å². The number of amides is 2. The molecule has 0 fully saturated rings. The van der Waals surface area contributed by atoms with Gasteiger partial charge in [0, 0.05) is 19.8 Å². The molecule has 2 aromatic heterocycles. The van der Waals surface area contributed by atoms with Gasteiger partial charge in [-0.3, -0.25) is 14.4 Å². The third kappa shape index (κ3) is 2.37. The zero-order chi connectivity index (χ0) is 14.9. The first-order valence-corrected chi connectivity index (χ1v) is 5.85. The average molecular weight is 278 g/mol. The van der Waals surface area contributed by atoms with Crippen molar-refractivity contribution < 1.29 is 9.59 Å². The van der Waals surface area contributed by atoms with Crippen LogP contribution in [0.5, 0.6) is 0 Å². The number of aromatic amines is 1. The van der Waals surface area contributed by atoms with Crippen LogP contribution in [0.3, 0.4) is 0 Å². The molecule has 9 heteroatoms. The summed E-state index contributed by atoms with van der Waals surface area (Å²) in [6, 6.07) is 0. The minimum atomic E-state index is -0.544. The van der Waals surface area contributed by atoms with Crippen LogP contribution >= 0.6 is 0 Å². The largest absolute Gasteiger partial charge is 0.358 e. The van der Waals surface area contributed by atoms with Gasteiger partial charge in [0.15, 0.2) is 11.2 Å². The number of carbonyl (C=O) groups excluding carboxylic acids is 2. The number of aryl methyl sites for hydroxylation is 1.